The van der Waals surface area contributed by atoms with Gasteiger partial charge in [0.2, 0.25) is 0 Å². The van der Waals surface area contributed by atoms with Gasteiger partial charge in [0.25, 0.3) is 5.91 Å². The van der Waals surface area contributed by atoms with Crippen LogP contribution in [0.25, 0.3) is 11.1 Å². The van der Waals surface area contributed by atoms with Crippen molar-refractivity contribution in [1.29, 1.82) is 0 Å². The van der Waals surface area contributed by atoms with E-state index in [0.29, 0.717) is 34.4 Å². The minimum absolute atomic E-state index is 0.298. The first-order chi connectivity index (χ1) is 15.5. The lowest BCUT2D eigenvalue weighted by atomic mass is 10.1. The zero-order valence-corrected chi connectivity index (χ0v) is 18.3. The van der Waals surface area contributed by atoms with Gasteiger partial charge < -0.3 is 14.8 Å². The van der Waals surface area contributed by atoms with Gasteiger partial charge in [-0.1, -0.05) is 23.7 Å². The molecule has 0 aliphatic rings. The summed E-state index contributed by atoms with van der Waals surface area (Å²) in [5.74, 6) is 0.664. The van der Waals surface area contributed by atoms with Crippen molar-refractivity contribution < 1.29 is 14.3 Å². The molecule has 0 fully saturated rings. The molecule has 0 saturated carbocycles. The van der Waals surface area contributed by atoms with Crippen molar-refractivity contribution >= 4 is 23.2 Å². The van der Waals surface area contributed by atoms with E-state index in [1.54, 1.807) is 41.3 Å². The number of hydrogen-bond acceptors (Lipinski definition) is 5. The number of nitrogens with one attached hydrogen (secondary N) is 1. The van der Waals surface area contributed by atoms with Crippen molar-refractivity contribution in [3.63, 3.8) is 0 Å². The number of amides is 1. The number of benzene rings is 2. The third kappa shape index (κ3) is 4.90. The van der Waals surface area contributed by atoms with Crippen LogP contribution in [0.15, 0.2) is 73.2 Å². The number of hydrogen-bond donors (Lipinski definition) is 1. The Morgan fingerprint density at radius 1 is 1.09 bits per heavy atom. The van der Waals surface area contributed by atoms with Crippen LogP contribution >= 0.6 is 11.6 Å². The van der Waals surface area contributed by atoms with Crippen LogP contribution in [0.4, 0.5) is 5.69 Å². The van der Waals surface area contributed by atoms with E-state index in [4.69, 9.17) is 21.1 Å². The molecule has 4 rings (SSSR count). The van der Waals surface area contributed by atoms with E-state index < -0.39 is 0 Å². The van der Waals surface area contributed by atoms with E-state index in [-0.39, 0.29) is 5.91 Å². The number of halogens is 1. The van der Waals surface area contributed by atoms with Crippen LogP contribution in [-0.2, 0) is 13.7 Å². The largest absolute Gasteiger partial charge is 0.496 e. The Kier molecular flexibility index (Phi) is 6.37. The highest BCUT2D eigenvalue weighted by Crippen LogP contribution is 2.30. The van der Waals surface area contributed by atoms with Crippen molar-refractivity contribution in [1.82, 2.24) is 14.8 Å². The Bertz CT molecular complexity index is 1240. The summed E-state index contributed by atoms with van der Waals surface area (Å²) >= 11 is 6.34. The minimum Gasteiger partial charge on any atom is -0.496 e. The summed E-state index contributed by atoms with van der Waals surface area (Å²) in [5.41, 5.74) is 3.59. The van der Waals surface area contributed by atoms with Crippen LogP contribution in [0.3, 0.4) is 0 Å². The smallest absolute Gasteiger partial charge is 0.259 e. The van der Waals surface area contributed by atoms with Gasteiger partial charge in [-0.25, -0.2) is 0 Å². The molecule has 1 amide bonds. The molecule has 0 aliphatic heterocycles. The second kappa shape index (κ2) is 9.53. The standard InChI is InChI=1S/C24H21ClN4O3/c1-29-14-17(13-27-29)16-6-8-20(23(11-16)31-2)24(30)28-18-7-9-22(21(25)12-18)32-15-19-5-3-4-10-26-19/h3-14H,15H2,1-2H3,(H,28,30). The Labute approximate surface area is 190 Å². The molecule has 2 aromatic heterocycles. The number of nitrogens with zero attached hydrogens (tertiary/aromatic N) is 3. The molecule has 0 bridgehead atoms. The Morgan fingerprint density at radius 2 is 1.97 bits per heavy atom. The van der Waals surface area contributed by atoms with Gasteiger partial charge in [-0.15, -0.1) is 0 Å². The number of rotatable bonds is 7. The molecule has 4 aromatic rings. The Hall–Kier alpha value is -3.84. The highest BCUT2D eigenvalue weighted by Gasteiger charge is 2.15. The Balaban J connectivity index is 1.47. The maximum Gasteiger partial charge on any atom is 0.259 e. The summed E-state index contributed by atoms with van der Waals surface area (Å²) < 4.78 is 12.9. The fraction of sp³-hybridized carbons (Fsp3) is 0.125. The molecule has 2 heterocycles. The number of aromatic nitrogens is 3. The van der Waals surface area contributed by atoms with Crippen molar-refractivity contribution in [2.45, 2.75) is 6.61 Å². The number of ether oxygens (including phenoxy) is 2. The van der Waals surface area contributed by atoms with Gasteiger partial charge in [0, 0.05) is 30.7 Å². The summed E-state index contributed by atoms with van der Waals surface area (Å²) in [6.45, 7) is 0.298. The molecule has 0 radical (unpaired) electrons. The third-order valence-electron chi connectivity index (χ3n) is 4.78. The van der Waals surface area contributed by atoms with Gasteiger partial charge in [0.05, 0.1) is 29.6 Å². The van der Waals surface area contributed by atoms with Crippen LogP contribution in [0.1, 0.15) is 16.1 Å². The van der Waals surface area contributed by atoms with Crippen LogP contribution < -0.4 is 14.8 Å². The molecule has 162 valence electrons. The van der Waals surface area contributed by atoms with E-state index in [1.165, 1.54) is 7.11 Å². The first-order valence-corrected chi connectivity index (χ1v) is 10.2. The van der Waals surface area contributed by atoms with Crippen molar-refractivity contribution in [3.05, 3.63) is 89.5 Å². The summed E-state index contributed by atoms with van der Waals surface area (Å²) in [4.78, 5) is 17.1. The van der Waals surface area contributed by atoms with Crippen LogP contribution in [0, 0.1) is 0 Å². The average Bonchev–Trinajstić information content (AvgIpc) is 3.25. The van der Waals surface area contributed by atoms with E-state index >= 15 is 0 Å². The molecule has 2 aromatic carbocycles. The molecule has 0 unspecified atom stereocenters. The summed E-state index contributed by atoms with van der Waals surface area (Å²) in [5, 5.41) is 7.41. The first-order valence-electron chi connectivity index (χ1n) is 9.84. The second-order valence-corrected chi connectivity index (χ2v) is 7.43. The minimum atomic E-state index is -0.308. The van der Waals surface area contributed by atoms with Gasteiger partial charge in [-0.2, -0.15) is 5.10 Å². The second-order valence-electron chi connectivity index (χ2n) is 7.03. The van der Waals surface area contributed by atoms with Crippen LogP contribution in [-0.4, -0.2) is 27.8 Å². The zero-order chi connectivity index (χ0) is 22.5. The molecule has 7 nitrogen and oxygen atoms in total. The van der Waals surface area contributed by atoms with E-state index in [0.717, 1.165) is 16.8 Å². The van der Waals surface area contributed by atoms with Crippen LogP contribution in [0.5, 0.6) is 11.5 Å². The average molecular weight is 449 g/mol. The third-order valence-corrected chi connectivity index (χ3v) is 5.07. The summed E-state index contributed by atoms with van der Waals surface area (Å²) in [7, 11) is 3.38. The number of aryl methyl sites for hydroxylation is 1. The van der Waals surface area contributed by atoms with Gasteiger partial charge in [0.15, 0.2) is 0 Å². The van der Waals surface area contributed by atoms with E-state index in [9.17, 15) is 4.79 Å². The van der Waals surface area contributed by atoms with Crippen LogP contribution in [0.2, 0.25) is 5.02 Å². The maximum absolute atomic E-state index is 12.9. The highest BCUT2D eigenvalue weighted by molar-refractivity contribution is 6.32. The molecule has 0 saturated heterocycles. The van der Waals surface area contributed by atoms with E-state index in [2.05, 4.69) is 15.4 Å². The fourth-order valence-corrected chi connectivity index (χ4v) is 3.39. The molecule has 8 heteroatoms. The number of carbonyl (C=O) groups excluding carboxylic acids is 1. The number of pyridine rings is 1. The topological polar surface area (TPSA) is 78.3 Å². The highest BCUT2D eigenvalue weighted by atomic mass is 35.5. The van der Waals surface area contributed by atoms with Crippen molar-refractivity contribution in [2.24, 2.45) is 7.05 Å². The normalized spacial score (nSPS) is 10.6. The Morgan fingerprint density at radius 3 is 2.66 bits per heavy atom. The lowest BCUT2D eigenvalue weighted by molar-refractivity contribution is 0.102. The predicted molar refractivity (Wildman–Crippen MR) is 123 cm³/mol. The molecular weight excluding hydrogens is 428 g/mol. The number of methoxy groups -OCH3 is 1. The summed E-state index contributed by atoms with van der Waals surface area (Å²) in [6.07, 6.45) is 5.36. The van der Waals surface area contributed by atoms with E-state index in [1.807, 2.05) is 43.6 Å². The monoisotopic (exact) mass is 448 g/mol. The van der Waals surface area contributed by atoms with Gasteiger partial charge in [-0.05, 0) is 48.0 Å². The van der Waals surface area contributed by atoms with Gasteiger partial charge >= 0.3 is 0 Å². The first kappa shape index (κ1) is 21.4. The molecule has 0 atom stereocenters. The molecular formula is C24H21ClN4O3. The van der Waals surface area contributed by atoms with Crippen molar-refractivity contribution in [2.75, 3.05) is 12.4 Å². The summed E-state index contributed by atoms with van der Waals surface area (Å²) in [6, 6.07) is 16.1. The van der Waals surface area contributed by atoms with Gasteiger partial charge in [0.1, 0.15) is 18.1 Å². The fourth-order valence-electron chi connectivity index (χ4n) is 3.16. The maximum atomic E-state index is 12.9. The lowest BCUT2D eigenvalue weighted by Gasteiger charge is -2.12. The molecule has 1 N–H and O–H groups in total. The quantitative estimate of drug-likeness (QED) is 0.431. The lowest BCUT2D eigenvalue weighted by Crippen LogP contribution is -2.13. The van der Waals surface area contributed by atoms with Crippen molar-refractivity contribution in [3.8, 4) is 22.6 Å². The SMILES string of the molecule is COc1cc(-c2cnn(C)c2)ccc1C(=O)Nc1ccc(OCc2ccccn2)c(Cl)c1. The molecule has 32 heavy (non-hydrogen) atoms. The number of anilines is 1. The van der Waals surface area contributed by atoms with Gasteiger partial charge in [-0.3, -0.25) is 14.5 Å². The molecule has 0 spiro atoms. The zero-order valence-electron chi connectivity index (χ0n) is 17.6. The number of carbonyl (C=O) groups is 1. The predicted octanol–water partition coefficient (Wildman–Crippen LogP) is 4.98. The molecule has 0 aliphatic carbocycles.